The molecule has 1 aromatic heterocycles. The van der Waals surface area contributed by atoms with Crippen LogP contribution in [-0.2, 0) is 19.9 Å². The number of carboxylic acid groups (broad SMARTS) is 1. The quantitative estimate of drug-likeness (QED) is 0.491. The number of aliphatic carboxylic acids is 1. The van der Waals surface area contributed by atoms with Crippen molar-refractivity contribution >= 4 is 29.2 Å². The van der Waals surface area contributed by atoms with Crippen LogP contribution >= 0.6 is 11.6 Å². The zero-order valence-corrected chi connectivity index (χ0v) is 21.5. The topological polar surface area (TPSA) is 106 Å². The summed E-state index contributed by atoms with van der Waals surface area (Å²) in [6, 6.07) is 5.98. The van der Waals surface area contributed by atoms with E-state index >= 15 is 0 Å². The summed E-state index contributed by atoms with van der Waals surface area (Å²) in [4.78, 5) is 28.0. The highest BCUT2D eigenvalue weighted by Gasteiger charge is 2.49. The normalized spacial score (nSPS) is 21.9. The number of nitrogens with one attached hydrogen (secondary N) is 1. The van der Waals surface area contributed by atoms with Gasteiger partial charge in [0.25, 0.3) is 5.91 Å². The number of halogens is 3. The van der Waals surface area contributed by atoms with E-state index in [1.807, 2.05) is 24.8 Å². The first-order chi connectivity index (χ1) is 17.6. The molecule has 0 bridgehead atoms. The number of likely N-dealkylation sites (tertiary alicyclic amines) is 1. The Labute approximate surface area is 218 Å². The monoisotopic (exact) mass is 540 g/mol. The van der Waals surface area contributed by atoms with Crippen molar-refractivity contribution in [3.05, 3.63) is 41.2 Å². The minimum atomic E-state index is -3.09. The fourth-order valence-corrected chi connectivity index (χ4v) is 5.31. The number of anilines is 1. The second kappa shape index (κ2) is 10.9. The zero-order chi connectivity index (χ0) is 26.8. The molecule has 0 unspecified atom stereocenters. The van der Waals surface area contributed by atoms with Gasteiger partial charge in [0.15, 0.2) is 5.75 Å². The Hall–Kier alpha value is -2.76. The van der Waals surface area contributed by atoms with Crippen LogP contribution in [0.5, 0.6) is 5.75 Å². The maximum atomic E-state index is 13.9. The Morgan fingerprint density at radius 3 is 2.57 bits per heavy atom. The Morgan fingerprint density at radius 2 is 1.97 bits per heavy atom. The molecule has 1 amide bonds. The van der Waals surface area contributed by atoms with E-state index in [4.69, 9.17) is 16.3 Å². The Morgan fingerprint density at radius 1 is 1.24 bits per heavy atom. The molecule has 37 heavy (non-hydrogen) atoms. The number of aromatic nitrogens is 2. The molecular formula is C25H31ClF2N4O5. The smallest absolute Gasteiger partial charge is 0.387 e. The number of carbonyl (C=O) groups is 2. The largest absolute Gasteiger partial charge is 0.481 e. The van der Waals surface area contributed by atoms with Crippen molar-refractivity contribution in [2.45, 2.75) is 51.2 Å². The van der Waals surface area contributed by atoms with Crippen LogP contribution in [0.15, 0.2) is 30.5 Å². The number of nitrogens with zero attached hydrogens (tertiary/aromatic N) is 3. The van der Waals surface area contributed by atoms with Crippen LogP contribution in [0.1, 0.15) is 44.7 Å². The lowest BCUT2D eigenvalue weighted by Crippen LogP contribution is -2.56. The summed E-state index contributed by atoms with van der Waals surface area (Å²) >= 11 is 5.96. The lowest BCUT2D eigenvalue weighted by atomic mass is 9.82. The average Bonchev–Trinajstić information content (AvgIpc) is 3.52. The van der Waals surface area contributed by atoms with E-state index in [0.29, 0.717) is 45.5 Å². The van der Waals surface area contributed by atoms with Crippen molar-refractivity contribution in [1.29, 1.82) is 0 Å². The van der Waals surface area contributed by atoms with Gasteiger partial charge in [-0.15, -0.1) is 0 Å². The zero-order valence-electron chi connectivity index (χ0n) is 20.8. The van der Waals surface area contributed by atoms with Crippen LogP contribution < -0.4 is 10.1 Å². The van der Waals surface area contributed by atoms with E-state index in [1.54, 1.807) is 10.9 Å². The molecule has 2 saturated heterocycles. The molecule has 1 atom stereocenters. The number of hydrogen-bond acceptors (Lipinski definition) is 6. The van der Waals surface area contributed by atoms with Gasteiger partial charge in [0.2, 0.25) is 0 Å². The molecule has 0 spiro atoms. The van der Waals surface area contributed by atoms with Gasteiger partial charge in [-0.2, -0.15) is 13.9 Å². The molecule has 0 radical (unpaired) electrons. The fourth-order valence-electron chi connectivity index (χ4n) is 5.15. The van der Waals surface area contributed by atoms with Crippen molar-refractivity contribution in [2.75, 3.05) is 38.2 Å². The van der Waals surface area contributed by atoms with Crippen LogP contribution in [0.4, 0.5) is 14.5 Å². The van der Waals surface area contributed by atoms with Gasteiger partial charge in [-0.05, 0) is 43.4 Å². The predicted octanol–water partition coefficient (Wildman–Crippen LogP) is 4.18. The molecule has 202 valence electrons. The van der Waals surface area contributed by atoms with Gasteiger partial charge in [-0.25, -0.2) is 0 Å². The van der Waals surface area contributed by atoms with E-state index in [1.165, 1.54) is 18.2 Å². The highest BCUT2D eigenvalue weighted by Crippen LogP contribution is 2.38. The Balaban J connectivity index is 1.62. The van der Waals surface area contributed by atoms with Crippen molar-refractivity contribution < 1.29 is 33.0 Å². The molecule has 1 aromatic carbocycles. The van der Waals surface area contributed by atoms with Gasteiger partial charge in [0, 0.05) is 49.2 Å². The van der Waals surface area contributed by atoms with E-state index in [0.717, 1.165) is 5.69 Å². The number of rotatable bonds is 9. The van der Waals surface area contributed by atoms with Crippen LogP contribution in [0, 0.1) is 5.41 Å². The van der Waals surface area contributed by atoms with Crippen LogP contribution in [0.25, 0.3) is 0 Å². The maximum Gasteiger partial charge on any atom is 0.387 e. The first kappa shape index (κ1) is 27.3. The molecule has 3 heterocycles. The summed E-state index contributed by atoms with van der Waals surface area (Å²) in [5.41, 5.74) is -1.16. The number of carboxylic acids is 1. The first-order valence-electron chi connectivity index (χ1n) is 12.2. The molecule has 4 rings (SSSR count). The van der Waals surface area contributed by atoms with Crippen LogP contribution in [-0.4, -0.2) is 71.1 Å². The predicted molar refractivity (Wildman–Crippen MR) is 132 cm³/mol. The molecule has 2 aliphatic rings. The standard InChI is InChI=1S/C25H31ClF2N4O5/c1-16(2)19-5-9-29-32(19)25(21(33)30-18-4-3-17(26)13-20(18)37-23(27)28)6-10-31(11-7-25)14-24(22(34)35)8-12-36-15-24/h3-5,9,13,16,23H,6-8,10-12,14-15H2,1-2H3,(H,30,33)(H,34,35)/t24-/m1/s1. The third-order valence-corrected chi connectivity index (χ3v) is 7.50. The van der Waals surface area contributed by atoms with Crippen molar-refractivity contribution in [1.82, 2.24) is 14.7 Å². The second-order valence-electron chi connectivity index (χ2n) is 9.99. The summed E-state index contributed by atoms with van der Waals surface area (Å²) in [6.07, 6.45) is 2.76. The highest BCUT2D eigenvalue weighted by atomic mass is 35.5. The van der Waals surface area contributed by atoms with Crippen LogP contribution in [0.3, 0.4) is 0 Å². The number of alkyl halides is 2. The Bertz CT molecular complexity index is 1130. The van der Waals surface area contributed by atoms with Gasteiger partial charge in [-0.1, -0.05) is 25.4 Å². The third-order valence-electron chi connectivity index (χ3n) is 7.27. The number of hydrogen-bond donors (Lipinski definition) is 2. The highest BCUT2D eigenvalue weighted by molar-refractivity contribution is 6.30. The molecule has 12 heteroatoms. The fraction of sp³-hybridized carbons (Fsp3) is 0.560. The second-order valence-corrected chi connectivity index (χ2v) is 10.4. The first-order valence-corrected chi connectivity index (χ1v) is 12.6. The van der Waals surface area contributed by atoms with Crippen molar-refractivity contribution in [2.24, 2.45) is 5.41 Å². The van der Waals surface area contributed by atoms with E-state index in [-0.39, 0.29) is 29.0 Å². The number of amides is 1. The minimum Gasteiger partial charge on any atom is -0.481 e. The number of carbonyl (C=O) groups excluding carboxylic acids is 1. The molecule has 0 aliphatic carbocycles. The molecule has 9 nitrogen and oxygen atoms in total. The van der Waals surface area contributed by atoms with Gasteiger partial charge in [0.1, 0.15) is 11.0 Å². The van der Waals surface area contributed by atoms with E-state index < -0.39 is 29.4 Å². The van der Waals surface area contributed by atoms with E-state index in [2.05, 4.69) is 15.2 Å². The molecule has 0 saturated carbocycles. The number of benzene rings is 1. The maximum absolute atomic E-state index is 13.9. The summed E-state index contributed by atoms with van der Waals surface area (Å²) in [5, 5.41) is 17.3. The molecule has 2 aromatic rings. The van der Waals surface area contributed by atoms with Gasteiger partial charge >= 0.3 is 12.6 Å². The van der Waals surface area contributed by atoms with Gasteiger partial charge < -0.3 is 24.8 Å². The average molecular weight is 541 g/mol. The Kier molecular flexibility index (Phi) is 8.05. The van der Waals surface area contributed by atoms with Crippen molar-refractivity contribution in [3.63, 3.8) is 0 Å². The summed E-state index contributed by atoms with van der Waals surface area (Å²) in [6.45, 7) is 2.68. The van der Waals surface area contributed by atoms with Crippen molar-refractivity contribution in [3.8, 4) is 5.75 Å². The van der Waals surface area contributed by atoms with E-state index in [9.17, 15) is 23.5 Å². The molecule has 2 aliphatic heterocycles. The van der Waals surface area contributed by atoms with Gasteiger partial charge in [-0.3, -0.25) is 14.3 Å². The van der Waals surface area contributed by atoms with Crippen LogP contribution in [0.2, 0.25) is 5.02 Å². The van der Waals surface area contributed by atoms with Gasteiger partial charge in [0.05, 0.1) is 12.3 Å². The number of piperidine rings is 1. The summed E-state index contributed by atoms with van der Waals surface area (Å²) in [7, 11) is 0. The molecular weight excluding hydrogens is 510 g/mol. The number of ether oxygens (including phenoxy) is 2. The SMILES string of the molecule is CC(C)c1ccnn1C1(C(=O)Nc2ccc(Cl)cc2OC(F)F)CCN(C[C@]2(C(=O)O)CCOC2)CC1. The molecule has 2 fully saturated rings. The third kappa shape index (κ3) is 5.58. The minimum absolute atomic E-state index is 0.0719. The lowest BCUT2D eigenvalue weighted by Gasteiger charge is -2.43. The molecule has 2 N–H and O–H groups in total. The lowest BCUT2D eigenvalue weighted by molar-refractivity contribution is -0.151. The summed E-state index contributed by atoms with van der Waals surface area (Å²) < 4.78 is 37.7. The summed E-state index contributed by atoms with van der Waals surface area (Å²) in [5.74, 6) is -1.47.